The fourth-order valence-corrected chi connectivity index (χ4v) is 2.19. The van der Waals surface area contributed by atoms with Gasteiger partial charge in [-0.25, -0.2) is 13.8 Å². The number of alkyl halides is 2. The fourth-order valence-electron chi connectivity index (χ4n) is 2.19. The van der Waals surface area contributed by atoms with Gasteiger partial charge in [-0.05, 0) is 6.07 Å². The number of aromatic nitrogens is 2. The lowest BCUT2D eigenvalue weighted by Gasteiger charge is -2.35. The van der Waals surface area contributed by atoms with Gasteiger partial charge in [0.2, 0.25) is 0 Å². The third-order valence-corrected chi connectivity index (χ3v) is 3.28. The molecule has 0 N–H and O–H groups in total. The molecule has 0 spiro atoms. The van der Waals surface area contributed by atoms with E-state index in [-0.39, 0.29) is 24.3 Å². The first-order valence-corrected chi connectivity index (χ1v) is 6.26. The molecule has 0 amide bonds. The number of ether oxygens (including phenoxy) is 1. The summed E-state index contributed by atoms with van der Waals surface area (Å²) >= 11 is 0. The summed E-state index contributed by atoms with van der Waals surface area (Å²) in [5.41, 5.74) is 0.369. The van der Waals surface area contributed by atoms with E-state index in [9.17, 15) is 18.9 Å². The Labute approximate surface area is 118 Å². The molecule has 2 aromatic rings. The van der Waals surface area contributed by atoms with Crippen LogP contribution in [0, 0.1) is 10.1 Å². The lowest BCUT2D eigenvalue weighted by atomic mass is 9.91. The molecule has 0 unspecified atom stereocenters. The minimum Gasteiger partial charge on any atom is -0.487 e. The van der Waals surface area contributed by atoms with Crippen LogP contribution in [0.5, 0.6) is 5.75 Å². The van der Waals surface area contributed by atoms with Gasteiger partial charge >= 0.3 is 0 Å². The van der Waals surface area contributed by atoms with E-state index in [2.05, 4.69) is 4.98 Å². The molecule has 1 heterocycles. The Bertz CT molecular complexity index is 665. The van der Waals surface area contributed by atoms with Gasteiger partial charge in [-0.2, -0.15) is 0 Å². The lowest BCUT2D eigenvalue weighted by Crippen LogP contribution is -2.43. The van der Waals surface area contributed by atoms with Crippen LogP contribution in [0.2, 0.25) is 0 Å². The maximum absolute atomic E-state index is 12.9. The number of nitro benzene ring substituents is 1. The molecule has 1 aliphatic carbocycles. The normalized spacial score (nSPS) is 17.2. The van der Waals surface area contributed by atoms with Crippen molar-refractivity contribution in [2.75, 3.05) is 0 Å². The van der Waals surface area contributed by atoms with E-state index in [4.69, 9.17) is 4.74 Å². The van der Waals surface area contributed by atoms with Crippen LogP contribution in [0.1, 0.15) is 12.8 Å². The Hall–Kier alpha value is -2.51. The molecular weight excluding hydrogens is 284 g/mol. The fraction of sp³-hybridized carbons (Fsp3) is 0.308. The molecule has 0 bridgehead atoms. The molecule has 1 aliphatic rings. The van der Waals surface area contributed by atoms with Crippen LogP contribution >= 0.6 is 0 Å². The van der Waals surface area contributed by atoms with Crippen molar-refractivity contribution in [1.29, 1.82) is 0 Å². The zero-order valence-electron chi connectivity index (χ0n) is 10.8. The van der Waals surface area contributed by atoms with Crippen LogP contribution < -0.4 is 4.74 Å². The molecule has 1 aromatic carbocycles. The Balaban J connectivity index is 1.91. The molecule has 110 valence electrons. The second kappa shape index (κ2) is 4.80. The standard InChI is InChI=1S/C13H11F2N3O3/c14-13(15)6-10(7-13)21-12-5-9(18(19)20)1-2-11(12)17-4-3-16-8-17/h1-5,8,10H,6-7H2. The van der Waals surface area contributed by atoms with Gasteiger partial charge in [0, 0.05) is 31.3 Å². The number of non-ortho nitro benzene ring substituents is 1. The van der Waals surface area contributed by atoms with E-state index < -0.39 is 16.9 Å². The summed E-state index contributed by atoms with van der Waals surface area (Å²) in [5, 5.41) is 10.8. The van der Waals surface area contributed by atoms with Gasteiger partial charge in [0.25, 0.3) is 11.6 Å². The molecule has 0 aliphatic heterocycles. The van der Waals surface area contributed by atoms with Crippen LogP contribution in [-0.2, 0) is 0 Å². The summed E-state index contributed by atoms with van der Waals surface area (Å²) in [6.45, 7) is 0. The molecular formula is C13H11F2N3O3. The van der Waals surface area contributed by atoms with Gasteiger partial charge in [0.1, 0.15) is 6.10 Å². The quantitative estimate of drug-likeness (QED) is 0.642. The van der Waals surface area contributed by atoms with Crippen molar-refractivity contribution in [2.24, 2.45) is 0 Å². The predicted octanol–water partition coefficient (Wildman–Crippen LogP) is 2.96. The summed E-state index contributed by atoms with van der Waals surface area (Å²) in [6.07, 6.45) is 3.30. The number of halogens is 2. The molecule has 1 saturated carbocycles. The minimum absolute atomic E-state index is 0.153. The first kappa shape index (κ1) is 13.5. The van der Waals surface area contributed by atoms with Gasteiger partial charge < -0.3 is 9.30 Å². The Kier molecular flexibility index (Phi) is 3.08. The van der Waals surface area contributed by atoms with Crippen molar-refractivity contribution >= 4 is 5.69 Å². The molecule has 6 nitrogen and oxygen atoms in total. The first-order chi connectivity index (χ1) is 9.94. The van der Waals surface area contributed by atoms with Gasteiger partial charge in [0.15, 0.2) is 5.75 Å². The highest BCUT2D eigenvalue weighted by molar-refractivity contribution is 5.53. The molecule has 0 radical (unpaired) electrons. The lowest BCUT2D eigenvalue weighted by molar-refractivity contribution is -0.385. The van der Waals surface area contributed by atoms with Gasteiger partial charge in [0.05, 0.1) is 23.0 Å². The van der Waals surface area contributed by atoms with Gasteiger partial charge in [-0.1, -0.05) is 0 Å². The van der Waals surface area contributed by atoms with E-state index >= 15 is 0 Å². The van der Waals surface area contributed by atoms with E-state index in [1.165, 1.54) is 24.5 Å². The number of imidazole rings is 1. The van der Waals surface area contributed by atoms with Gasteiger partial charge in [-0.3, -0.25) is 10.1 Å². The average molecular weight is 295 g/mol. The van der Waals surface area contributed by atoms with E-state index in [1.54, 1.807) is 17.0 Å². The summed E-state index contributed by atoms with van der Waals surface area (Å²) in [4.78, 5) is 14.2. The number of benzene rings is 1. The van der Waals surface area contributed by atoms with Gasteiger partial charge in [-0.15, -0.1) is 0 Å². The summed E-state index contributed by atoms with van der Waals surface area (Å²) in [5.74, 6) is -2.51. The average Bonchev–Trinajstić information content (AvgIpc) is 2.90. The second-order valence-electron chi connectivity index (χ2n) is 4.88. The number of nitro groups is 1. The maximum atomic E-state index is 12.9. The summed E-state index contributed by atoms with van der Waals surface area (Å²) in [6, 6.07) is 4.08. The Morgan fingerprint density at radius 1 is 1.43 bits per heavy atom. The van der Waals surface area contributed by atoms with Crippen molar-refractivity contribution in [3.63, 3.8) is 0 Å². The van der Waals surface area contributed by atoms with Crippen molar-refractivity contribution < 1.29 is 18.4 Å². The van der Waals surface area contributed by atoms with E-state index in [0.717, 1.165) is 0 Å². The number of nitrogens with zero attached hydrogens (tertiary/aromatic N) is 3. The molecule has 1 aromatic heterocycles. The Morgan fingerprint density at radius 3 is 2.76 bits per heavy atom. The van der Waals surface area contributed by atoms with Crippen molar-refractivity contribution in [2.45, 2.75) is 24.9 Å². The summed E-state index contributed by atoms with van der Waals surface area (Å²) in [7, 11) is 0. The van der Waals surface area contributed by atoms with Crippen molar-refractivity contribution in [1.82, 2.24) is 9.55 Å². The topological polar surface area (TPSA) is 70.2 Å². The highest BCUT2D eigenvalue weighted by Gasteiger charge is 2.47. The monoisotopic (exact) mass is 295 g/mol. The van der Waals surface area contributed by atoms with Crippen LogP contribution in [0.4, 0.5) is 14.5 Å². The zero-order valence-corrected chi connectivity index (χ0v) is 10.8. The largest absolute Gasteiger partial charge is 0.487 e. The van der Waals surface area contributed by atoms with Crippen LogP contribution in [0.15, 0.2) is 36.9 Å². The highest BCUT2D eigenvalue weighted by atomic mass is 19.3. The van der Waals surface area contributed by atoms with E-state index in [1.807, 2.05) is 0 Å². The molecule has 21 heavy (non-hydrogen) atoms. The number of hydrogen-bond donors (Lipinski definition) is 0. The van der Waals surface area contributed by atoms with Crippen molar-refractivity contribution in [3.05, 3.63) is 47.0 Å². The SMILES string of the molecule is O=[N+]([O-])c1ccc(-n2ccnc2)c(OC2CC(F)(F)C2)c1. The summed E-state index contributed by atoms with van der Waals surface area (Å²) < 4.78 is 32.8. The molecule has 1 fully saturated rings. The minimum atomic E-state index is -2.71. The molecule has 3 rings (SSSR count). The first-order valence-electron chi connectivity index (χ1n) is 6.26. The maximum Gasteiger partial charge on any atom is 0.273 e. The smallest absolute Gasteiger partial charge is 0.273 e. The third kappa shape index (κ3) is 2.69. The number of hydrogen-bond acceptors (Lipinski definition) is 4. The molecule has 0 atom stereocenters. The van der Waals surface area contributed by atoms with Crippen LogP contribution in [0.3, 0.4) is 0 Å². The predicted molar refractivity (Wildman–Crippen MR) is 68.8 cm³/mol. The van der Waals surface area contributed by atoms with Crippen LogP contribution in [-0.4, -0.2) is 26.5 Å². The number of rotatable bonds is 4. The highest BCUT2D eigenvalue weighted by Crippen LogP contribution is 2.41. The second-order valence-corrected chi connectivity index (χ2v) is 4.88. The molecule has 0 saturated heterocycles. The van der Waals surface area contributed by atoms with E-state index in [0.29, 0.717) is 5.69 Å². The Morgan fingerprint density at radius 2 is 2.19 bits per heavy atom. The zero-order chi connectivity index (χ0) is 15.0. The van der Waals surface area contributed by atoms with Crippen molar-refractivity contribution in [3.8, 4) is 11.4 Å². The van der Waals surface area contributed by atoms with Crippen LogP contribution in [0.25, 0.3) is 5.69 Å². The molecule has 8 heteroatoms. The third-order valence-electron chi connectivity index (χ3n) is 3.28.